The molecule has 0 radical (unpaired) electrons. The largest absolute Gasteiger partial charge is 0.388 e. The molecule has 0 amide bonds. The molecule has 0 saturated heterocycles. The molecular formula is C18H22FNO. The molecule has 2 aromatic rings. The van der Waals surface area contributed by atoms with Crippen LogP contribution in [0.4, 0.5) is 4.39 Å². The van der Waals surface area contributed by atoms with E-state index in [0.717, 1.165) is 6.54 Å². The third-order valence-electron chi connectivity index (χ3n) is 3.62. The first kappa shape index (κ1) is 15.7. The van der Waals surface area contributed by atoms with E-state index in [4.69, 9.17) is 0 Å². The van der Waals surface area contributed by atoms with Crippen molar-refractivity contribution in [2.75, 3.05) is 13.6 Å². The number of aliphatic hydroxyl groups excluding tert-OH is 1. The molecule has 1 N–H and O–H groups in total. The van der Waals surface area contributed by atoms with Gasteiger partial charge >= 0.3 is 0 Å². The fraction of sp³-hybridized carbons (Fsp3) is 0.333. The summed E-state index contributed by atoms with van der Waals surface area (Å²) in [6.07, 6.45) is -0.241. The van der Waals surface area contributed by atoms with Crippen LogP contribution < -0.4 is 0 Å². The minimum atomic E-state index is -0.758. The van der Waals surface area contributed by atoms with Gasteiger partial charge in [-0.3, -0.25) is 0 Å². The molecule has 0 saturated carbocycles. The van der Waals surface area contributed by atoms with Gasteiger partial charge in [0.25, 0.3) is 0 Å². The zero-order valence-corrected chi connectivity index (χ0v) is 12.6. The predicted molar refractivity (Wildman–Crippen MR) is 83.5 cm³/mol. The SMILES string of the molecule is Cc1ccc(CN(C)CCC(O)c2ccccc2F)cc1. The van der Waals surface area contributed by atoms with E-state index < -0.39 is 6.10 Å². The second-order valence-corrected chi connectivity index (χ2v) is 5.55. The Balaban J connectivity index is 1.85. The summed E-state index contributed by atoms with van der Waals surface area (Å²) in [7, 11) is 2.01. The molecule has 0 spiro atoms. The minimum Gasteiger partial charge on any atom is -0.388 e. The Kier molecular flexibility index (Phi) is 5.48. The number of benzene rings is 2. The van der Waals surface area contributed by atoms with Crippen LogP contribution in [0.5, 0.6) is 0 Å². The van der Waals surface area contributed by atoms with Gasteiger partial charge in [-0.15, -0.1) is 0 Å². The summed E-state index contributed by atoms with van der Waals surface area (Å²) in [4.78, 5) is 2.13. The molecule has 0 aromatic heterocycles. The van der Waals surface area contributed by atoms with Crippen LogP contribution >= 0.6 is 0 Å². The highest BCUT2D eigenvalue weighted by Gasteiger charge is 2.13. The van der Waals surface area contributed by atoms with E-state index in [2.05, 4.69) is 36.1 Å². The summed E-state index contributed by atoms with van der Waals surface area (Å²) >= 11 is 0. The average Bonchev–Trinajstić information content (AvgIpc) is 2.48. The van der Waals surface area contributed by atoms with Crippen molar-refractivity contribution in [1.29, 1.82) is 0 Å². The standard InChI is InChI=1S/C18H22FNO/c1-14-7-9-15(10-8-14)13-20(2)12-11-18(21)16-5-3-4-6-17(16)19/h3-10,18,21H,11-13H2,1-2H3. The van der Waals surface area contributed by atoms with Gasteiger partial charge in [0, 0.05) is 18.7 Å². The summed E-state index contributed by atoms with van der Waals surface area (Å²) in [5.74, 6) is -0.341. The lowest BCUT2D eigenvalue weighted by atomic mass is 10.1. The Morgan fingerprint density at radius 3 is 2.43 bits per heavy atom. The van der Waals surface area contributed by atoms with Crippen LogP contribution in [0, 0.1) is 12.7 Å². The molecule has 0 aliphatic carbocycles. The van der Waals surface area contributed by atoms with Gasteiger partial charge in [-0.25, -0.2) is 4.39 Å². The number of hydrogen-bond acceptors (Lipinski definition) is 2. The van der Waals surface area contributed by atoms with E-state index in [-0.39, 0.29) is 5.82 Å². The van der Waals surface area contributed by atoms with E-state index in [0.29, 0.717) is 18.5 Å². The van der Waals surface area contributed by atoms with Gasteiger partial charge in [0.2, 0.25) is 0 Å². The Morgan fingerprint density at radius 1 is 1.10 bits per heavy atom. The molecule has 0 bridgehead atoms. The molecule has 1 atom stereocenters. The van der Waals surface area contributed by atoms with Crippen LogP contribution in [0.15, 0.2) is 48.5 Å². The van der Waals surface area contributed by atoms with Gasteiger partial charge in [-0.2, -0.15) is 0 Å². The van der Waals surface area contributed by atoms with Crippen molar-refractivity contribution in [2.45, 2.75) is 26.0 Å². The normalized spacial score (nSPS) is 12.6. The highest BCUT2D eigenvalue weighted by molar-refractivity contribution is 5.21. The van der Waals surface area contributed by atoms with Crippen LogP contribution in [0.3, 0.4) is 0 Å². The van der Waals surface area contributed by atoms with Crippen LogP contribution in [-0.4, -0.2) is 23.6 Å². The topological polar surface area (TPSA) is 23.5 Å². The fourth-order valence-electron chi connectivity index (χ4n) is 2.33. The molecule has 0 heterocycles. The highest BCUT2D eigenvalue weighted by Crippen LogP contribution is 2.20. The molecule has 112 valence electrons. The van der Waals surface area contributed by atoms with Crippen LogP contribution in [0.1, 0.15) is 29.2 Å². The zero-order valence-electron chi connectivity index (χ0n) is 12.6. The lowest BCUT2D eigenvalue weighted by molar-refractivity contribution is 0.144. The van der Waals surface area contributed by atoms with Crippen molar-refractivity contribution in [1.82, 2.24) is 4.90 Å². The molecule has 0 fully saturated rings. The maximum atomic E-state index is 13.6. The second-order valence-electron chi connectivity index (χ2n) is 5.55. The van der Waals surface area contributed by atoms with Crippen LogP contribution in [-0.2, 0) is 6.54 Å². The minimum absolute atomic E-state index is 0.341. The van der Waals surface area contributed by atoms with Gasteiger partial charge in [-0.1, -0.05) is 48.0 Å². The maximum absolute atomic E-state index is 13.6. The fourth-order valence-corrected chi connectivity index (χ4v) is 2.33. The third-order valence-corrected chi connectivity index (χ3v) is 3.62. The Labute approximate surface area is 125 Å². The molecule has 0 aliphatic heterocycles. The number of rotatable bonds is 6. The van der Waals surface area contributed by atoms with Crippen molar-refractivity contribution in [3.8, 4) is 0 Å². The van der Waals surface area contributed by atoms with Crippen molar-refractivity contribution in [3.05, 3.63) is 71.0 Å². The van der Waals surface area contributed by atoms with Crippen molar-refractivity contribution >= 4 is 0 Å². The molecule has 21 heavy (non-hydrogen) atoms. The van der Waals surface area contributed by atoms with Gasteiger partial charge in [0.05, 0.1) is 6.10 Å². The Morgan fingerprint density at radius 2 is 1.76 bits per heavy atom. The Bertz CT molecular complexity index is 568. The van der Waals surface area contributed by atoms with E-state index in [1.54, 1.807) is 18.2 Å². The molecular weight excluding hydrogens is 265 g/mol. The quantitative estimate of drug-likeness (QED) is 0.876. The second kappa shape index (κ2) is 7.34. The maximum Gasteiger partial charge on any atom is 0.128 e. The van der Waals surface area contributed by atoms with Crippen molar-refractivity contribution < 1.29 is 9.50 Å². The van der Waals surface area contributed by atoms with Gasteiger partial charge in [-0.05, 0) is 32.0 Å². The lowest BCUT2D eigenvalue weighted by Crippen LogP contribution is -2.21. The van der Waals surface area contributed by atoms with Gasteiger partial charge in [0.15, 0.2) is 0 Å². The first-order valence-electron chi connectivity index (χ1n) is 7.23. The Hall–Kier alpha value is -1.71. The molecule has 2 nitrogen and oxygen atoms in total. The number of hydrogen-bond donors (Lipinski definition) is 1. The zero-order chi connectivity index (χ0) is 15.2. The average molecular weight is 287 g/mol. The summed E-state index contributed by atoms with van der Waals surface area (Å²) in [5, 5.41) is 10.1. The van der Waals surface area contributed by atoms with E-state index in [9.17, 15) is 9.50 Å². The lowest BCUT2D eigenvalue weighted by Gasteiger charge is -2.19. The first-order valence-corrected chi connectivity index (χ1v) is 7.23. The first-order chi connectivity index (χ1) is 10.1. The number of halogens is 1. The third kappa shape index (κ3) is 4.66. The van der Waals surface area contributed by atoms with Crippen LogP contribution in [0.25, 0.3) is 0 Å². The molecule has 0 aliphatic rings. The van der Waals surface area contributed by atoms with Gasteiger partial charge in [0.1, 0.15) is 5.82 Å². The molecule has 3 heteroatoms. The summed E-state index contributed by atoms with van der Waals surface area (Å²) < 4.78 is 13.6. The molecule has 2 rings (SSSR count). The highest BCUT2D eigenvalue weighted by atomic mass is 19.1. The predicted octanol–water partition coefficient (Wildman–Crippen LogP) is 3.69. The number of aliphatic hydroxyl groups is 1. The van der Waals surface area contributed by atoms with Crippen LogP contribution in [0.2, 0.25) is 0 Å². The van der Waals surface area contributed by atoms with E-state index in [1.807, 2.05) is 7.05 Å². The van der Waals surface area contributed by atoms with Gasteiger partial charge < -0.3 is 10.0 Å². The number of aryl methyl sites for hydroxylation is 1. The smallest absolute Gasteiger partial charge is 0.128 e. The summed E-state index contributed by atoms with van der Waals surface area (Å²) in [5.41, 5.74) is 2.86. The summed E-state index contributed by atoms with van der Waals surface area (Å²) in [6.45, 7) is 3.60. The van der Waals surface area contributed by atoms with Crippen molar-refractivity contribution in [3.63, 3.8) is 0 Å². The summed E-state index contributed by atoms with van der Waals surface area (Å²) in [6, 6.07) is 14.8. The monoisotopic (exact) mass is 287 g/mol. The van der Waals surface area contributed by atoms with Crippen molar-refractivity contribution in [2.24, 2.45) is 0 Å². The van der Waals surface area contributed by atoms with E-state index >= 15 is 0 Å². The molecule has 2 aromatic carbocycles. The molecule has 1 unspecified atom stereocenters. The van der Waals surface area contributed by atoms with E-state index in [1.165, 1.54) is 17.2 Å². The number of nitrogens with zero attached hydrogens (tertiary/aromatic N) is 1.